The molecule has 0 saturated carbocycles. The van der Waals surface area contributed by atoms with Gasteiger partial charge in [-0.05, 0) is 48.5 Å². The van der Waals surface area contributed by atoms with Gasteiger partial charge in [0.05, 0.1) is 11.4 Å². The van der Waals surface area contributed by atoms with Gasteiger partial charge in [-0.2, -0.15) is 0 Å². The highest BCUT2D eigenvalue weighted by Crippen LogP contribution is 2.24. The van der Waals surface area contributed by atoms with Crippen LogP contribution in [0.1, 0.15) is 0 Å². The highest BCUT2D eigenvalue weighted by molar-refractivity contribution is 5.86. The molecule has 0 spiro atoms. The van der Waals surface area contributed by atoms with Gasteiger partial charge >= 0.3 is 0 Å². The number of rotatable bonds is 1. The Balaban J connectivity index is 0.00000132. The molecule has 0 fully saturated rings. The molecule has 0 radical (unpaired) electrons. The second-order valence-corrected chi connectivity index (χ2v) is 4.66. The number of H-pyrrole nitrogens is 1. The molecule has 21 heavy (non-hydrogen) atoms. The van der Waals surface area contributed by atoms with Crippen LogP contribution in [-0.4, -0.2) is 15.0 Å². The van der Waals surface area contributed by atoms with Crippen LogP contribution < -0.4 is 0 Å². The van der Waals surface area contributed by atoms with E-state index in [1.807, 2.05) is 30.3 Å². The van der Waals surface area contributed by atoms with E-state index in [1.54, 1.807) is 12.3 Å². The monoisotopic (exact) mass is 299 g/mol. The zero-order valence-corrected chi connectivity index (χ0v) is 11.7. The lowest BCUT2D eigenvalue weighted by Gasteiger charge is -1.99. The van der Waals surface area contributed by atoms with E-state index in [1.165, 1.54) is 12.1 Å². The van der Waals surface area contributed by atoms with Crippen LogP contribution in [0.3, 0.4) is 0 Å². The lowest BCUT2D eigenvalue weighted by atomic mass is 10.2. The Morgan fingerprint density at radius 2 is 1.81 bits per heavy atom. The molecule has 3 nitrogen and oxygen atoms in total. The van der Waals surface area contributed by atoms with E-state index >= 15 is 0 Å². The van der Waals surface area contributed by atoms with Gasteiger partial charge in [0.15, 0.2) is 5.65 Å². The fourth-order valence-corrected chi connectivity index (χ4v) is 2.34. The highest BCUT2D eigenvalue weighted by atomic mass is 35.5. The van der Waals surface area contributed by atoms with Crippen LogP contribution in [0.15, 0.2) is 54.7 Å². The summed E-state index contributed by atoms with van der Waals surface area (Å²) in [5.41, 5.74) is 3.13. The molecular weight excluding hydrogens is 289 g/mol. The van der Waals surface area contributed by atoms with Gasteiger partial charge in [0, 0.05) is 22.5 Å². The van der Waals surface area contributed by atoms with Crippen molar-refractivity contribution in [2.45, 2.75) is 0 Å². The normalized spacial score (nSPS) is 10.7. The number of benzene rings is 1. The molecule has 1 aromatic carbocycles. The molecule has 104 valence electrons. The van der Waals surface area contributed by atoms with Crippen LogP contribution in [0.4, 0.5) is 4.39 Å². The molecule has 3 aromatic heterocycles. The van der Waals surface area contributed by atoms with Gasteiger partial charge in [-0.15, -0.1) is 12.4 Å². The Hall–Kier alpha value is -2.46. The molecule has 3 heterocycles. The third kappa shape index (κ3) is 2.34. The second-order valence-electron chi connectivity index (χ2n) is 4.66. The number of aromatic nitrogens is 3. The summed E-state index contributed by atoms with van der Waals surface area (Å²) < 4.78 is 13.2. The van der Waals surface area contributed by atoms with Crippen molar-refractivity contribution in [2.24, 2.45) is 0 Å². The predicted octanol–water partition coefficient (Wildman–Crippen LogP) is 4.34. The van der Waals surface area contributed by atoms with E-state index in [9.17, 15) is 4.39 Å². The molecule has 0 aliphatic carbocycles. The van der Waals surface area contributed by atoms with Gasteiger partial charge in [0.2, 0.25) is 0 Å². The second kappa shape index (κ2) is 5.14. The maximum absolute atomic E-state index is 13.2. The summed E-state index contributed by atoms with van der Waals surface area (Å²) >= 11 is 0. The first-order valence-electron chi connectivity index (χ1n) is 6.30. The van der Waals surface area contributed by atoms with Crippen molar-refractivity contribution in [2.75, 3.05) is 0 Å². The van der Waals surface area contributed by atoms with Gasteiger partial charge in [0.1, 0.15) is 5.82 Å². The molecule has 4 rings (SSSR count). The number of pyridine rings is 2. The number of halogens is 2. The van der Waals surface area contributed by atoms with Crippen molar-refractivity contribution in [3.63, 3.8) is 0 Å². The van der Waals surface area contributed by atoms with Crippen LogP contribution in [0, 0.1) is 5.82 Å². The molecule has 0 aliphatic rings. The number of hydrogen-bond donors (Lipinski definition) is 1. The Morgan fingerprint density at radius 3 is 2.71 bits per heavy atom. The van der Waals surface area contributed by atoms with Gasteiger partial charge in [-0.3, -0.25) is 0 Å². The third-order valence-corrected chi connectivity index (χ3v) is 3.32. The minimum atomic E-state index is -0.251. The summed E-state index contributed by atoms with van der Waals surface area (Å²) in [7, 11) is 0. The van der Waals surface area contributed by atoms with Gasteiger partial charge < -0.3 is 4.98 Å². The molecular formula is C16H11ClFN3. The largest absolute Gasteiger partial charge is 0.353 e. The number of aromatic amines is 1. The maximum atomic E-state index is 13.2. The first kappa shape index (κ1) is 13.5. The fraction of sp³-hybridized carbons (Fsp3) is 0. The van der Waals surface area contributed by atoms with Crippen molar-refractivity contribution in [3.05, 3.63) is 60.5 Å². The Labute approximate surface area is 126 Å². The maximum Gasteiger partial charge on any atom is 0.159 e. The van der Waals surface area contributed by atoms with Crippen molar-refractivity contribution >= 4 is 34.3 Å². The Bertz CT molecular complexity index is 933. The molecule has 0 saturated heterocycles. The molecule has 5 heteroatoms. The van der Waals surface area contributed by atoms with Gasteiger partial charge in [0.25, 0.3) is 0 Å². The summed E-state index contributed by atoms with van der Waals surface area (Å²) in [6.07, 6.45) is 1.72. The minimum absolute atomic E-state index is 0. The van der Waals surface area contributed by atoms with Crippen molar-refractivity contribution in [1.29, 1.82) is 0 Å². The molecule has 4 aromatic rings. The van der Waals surface area contributed by atoms with Crippen LogP contribution in [0.5, 0.6) is 0 Å². The lowest BCUT2D eigenvalue weighted by molar-refractivity contribution is 0.629. The summed E-state index contributed by atoms with van der Waals surface area (Å²) in [5, 5.41) is 1.96. The molecule has 1 N–H and O–H groups in total. The fourth-order valence-electron chi connectivity index (χ4n) is 2.34. The Morgan fingerprint density at radius 1 is 0.952 bits per heavy atom. The van der Waals surface area contributed by atoms with E-state index < -0.39 is 0 Å². The van der Waals surface area contributed by atoms with Crippen LogP contribution in [-0.2, 0) is 0 Å². The quantitative estimate of drug-likeness (QED) is 0.568. The predicted molar refractivity (Wildman–Crippen MR) is 84.0 cm³/mol. The van der Waals surface area contributed by atoms with Crippen LogP contribution >= 0.6 is 12.4 Å². The zero-order chi connectivity index (χ0) is 13.5. The molecule has 0 atom stereocenters. The van der Waals surface area contributed by atoms with Crippen LogP contribution in [0.25, 0.3) is 33.3 Å². The number of fused-ring (bicyclic) bond motifs is 2. The smallest absolute Gasteiger partial charge is 0.159 e. The summed E-state index contributed by atoms with van der Waals surface area (Å²) in [4.78, 5) is 12.0. The first-order chi connectivity index (χ1) is 9.79. The Kier molecular flexibility index (Phi) is 3.31. The summed E-state index contributed by atoms with van der Waals surface area (Å²) in [6, 6.07) is 14.4. The topological polar surface area (TPSA) is 41.6 Å². The molecule has 0 bridgehead atoms. The standard InChI is InChI=1S/C16H10FN3.ClH/c17-12-5-3-11-8-15(19-14(11)9-12)13-6-4-10-2-1-7-18-16(10)20-13;/h1-9,19H;1H. The lowest BCUT2D eigenvalue weighted by Crippen LogP contribution is -1.87. The number of nitrogens with zero attached hydrogens (tertiary/aromatic N) is 2. The molecule has 0 unspecified atom stereocenters. The van der Waals surface area contributed by atoms with E-state index in [0.29, 0.717) is 5.65 Å². The van der Waals surface area contributed by atoms with Crippen molar-refractivity contribution in [1.82, 2.24) is 15.0 Å². The SMILES string of the molecule is Cl.Fc1ccc2cc(-c3ccc4cccnc4n3)[nH]c2c1. The highest BCUT2D eigenvalue weighted by Gasteiger charge is 2.06. The first-order valence-corrected chi connectivity index (χ1v) is 6.30. The number of nitrogens with one attached hydrogen (secondary N) is 1. The average Bonchev–Trinajstić information content (AvgIpc) is 2.89. The number of hydrogen-bond acceptors (Lipinski definition) is 2. The van der Waals surface area contributed by atoms with Crippen molar-refractivity contribution < 1.29 is 4.39 Å². The van der Waals surface area contributed by atoms with E-state index in [4.69, 9.17) is 0 Å². The van der Waals surface area contributed by atoms with Gasteiger partial charge in [-0.25, -0.2) is 14.4 Å². The van der Waals surface area contributed by atoms with Crippen molar-refractivity contribution in [3.8, 4) is 11.4 Å². The third-order valence-electron chi connectivity index (χ3n) is 3.32. The van der Waals surface area contributed by atoms with E-state index in [0.717, 1.165) is 27.7 Å². The van der Waals surface area contributed by atoms with Gasteiger partial charge in [-0.1, -0.05) is 0 Å². The minimum Gasteiger partial charge on any atom is -0.353 e. The zero-order valence-electron chi connectivity index (χ0n) is 10.9. The summed E-state index contributed by atoms with van der Waals surface area (Å²) in [5.74, 6) is -0.251. The molecule has 0 aliphatic heterocycles. The van der Waals surface area contributed by atoms with E-state index in [2.05, 4.69) is 15.0 Å². The summed E-state index contributed by atoms with van der Waals surface area (Å²) in [6.45, 7) is 0. The van der Waals surface area contributed by atoms with Crippen LogP contribution in [0.2, 0.25) is 0 Å². The average molecular weight is 300 g/mol. The van der Waals surface area contributed by atoms with E-state index in [-0.39, 0.29) is 18.2 Å². The molecule has 0 amide bonds.